The SMILES string of the molecule is CCOC(=O)c1ccc(-n2c(CN3CCC(C)CC3)nc3ccc([N+](=O)[O-])cc3c2=O)cc1. The largest absolute Gasteiger partial charge is 0.462 e. The van der Waals surface area contributed by atoms with E-state index in [1.165, 1.54) is 22.8 Å². The van der Waals surface area contributed by atoms with E-state index in [9.17, 15) is 19.7 Å². The smallest absolute Gasteiger partial charge is 0.338 e. The van der Waals surface area contributed by atoms with Crippen molar-refractivity contribution in [2.75, 3.05) is 19.7 Å². The second-order valence-corrected chi connectivity index (χ2v) is 8.35. The van der Waals surface area contributed by atoms with Gasteiger partial charge in [0.05, 0.1) is 40.2 Å². The van der Waals surface area contributed by atoms with Crippen molar-refractivity contribution in [3.05, 3.63) is 74.3 Å². The number of likely N-dealkylation sites (tertiary alicyclic amines) is 1. The summed E-state index contributed by atoms with van der Waals surface area (Å²) in [4.78, 5) is 43.3. The van der Waals surface area contributed by atoms with Gasteiger partial charge in [-0.25, -0.2) is 9.78 Å². The standard InChI is InChI=1S/C24H26N4O5/c1-3-33-24(30)17-4-6-18(7-5-17)27-22(15-26-12-10-16(2)11-13-26)25-21-9-8-19(28(31)32)14-20(21)23(27)29/h4-9,14,16H,3,10-13,15H2,1-2H3. The first-order valence-electron chi connectivity index (χ1n) is 11.1. The number of carbonyl (C=O) groups excluding carboxylic acids is 1. The predicted octanol–water partition coefficient (Wildman–Crippen LogP) is 3.70. The second-order valence-electron chi connectivity index (χ2n) is 8.35. The van der Waals surface area contributed by atoms with E-state index < -0.39 is 10.9 Å². The summed E-state index contributed by atoms with van der Waals surface area (Å²) in [7, 11) is 0. The molecule has 2 heterocycles. The highest BCUT2D eigenvalue weighted by Gasteiger charge is 2.21. The van der Waals surface area contributed by atoms with Crippen LogP contribution >= 0.6 is 0 Å². The van der Waals surface area contributed by atoms with Crippen LogP contribution in [0.25, 0.3) is 16.6 Å². The summed E-state index contributed by atoms with van der Waals surface area (Å²) >= 11 is 0. The molecule has 0 atom stereocenters. The van der Waals surface area contributed by atoms with Gasteiger partial charge in [-0.05, 0) is 69.1 Å². The number of piperidine rings is 1. The molecule has 1 aliphatic rings. The van der Waals surface area contributed by atoms with E-state index in [2.05, 4.69) is 11.8 Å². The van der Waals surface area contributed by atoms with Gasteiger partial charge in [0.25, 0.3) is 11.2 Å². The molecule has 3 aromatic rings. The van der Waals surface area contributed by atoms with E-state index in [0.29, 0.717) is 35.1 Å². The third-order valence-electron chi connectivity index (χ3n) is 6.01. The van der Waals surface area contributed by atoms with Gasteiger partial charge in [0, 0.05) is 12.1 Å². The van der Waals surface area contributed by atoms with Crippen LogP contribution in [0.2, 0.25) is 0 Å². The van der Waals surface area contributed by atoms with Crippen LogP contribution in [0.3, 0.4) is 0 Å². The van der Waals surface area contributed by atoms with E-state index in [1.54, 1.807) is 31.2 Å². The summed E-state index contributed by atoms with van der Waals surface area (Å²) in [6.45, 7) is 6.55. The van der Waals surface area contributed by atoms with Crippen LogP contribution in [0, 0.1) is 16.0 Å². The molecular weight excluding hydrogens is 424 g/mol. The normalized spacial score (nSPS) is 15.0. The Kier molecular flexibility index (Phi) is 6.50. The van der Waals surface area contributed by atoms with E-state index >= 15 is 0 Å². The molecule has 9 nitrogen and oxygen atoms in total. The number of benzene rings is 2. The van der Waals surface area contributed by atoms with Crippen molar-refractivity contribution in [3.63, 3.8) is 0 Å². The van der Waals surface area contributed by atoms with Crippen molar-refractivity contribution in [2.24, 2.45) is 5.92 Å². The Morgan fingerprint density at radius 1 is 1.18 bits per heavy atom. The molecule has 4 rings (SSSR count). The predicted molar refractivity (Wildman–Crippen MR) is 124 cm³/mol. The van der Waals surface area contributed by atoms with E-state index in [0.717, 1.165) is 25.9 Å². The van der Waals surface area contributed by atoms with Gasteiger partial charge in [0.2, 0.25) is 0 Å². The highest BCUT2D eigenvalue weighted by molar-refractivity contribution is 5.89. The number of rotatable bonds is 6. The third kappa shape index (κ3) is 4.78. The first kappa shape index (κ1) is 22.6. The lowest BCUT2D eigenvalue weighted by atomic mass is 9.99. The van der Waals surface area contributed by atoms with Crippen LogP contribution in [0.15, 0.2) is 47.3 Å². The van der Waals surface area contributed by atoms with Crippen LogP contribution in [0.1, 0.15) is 42.9 Å². The average molecular weight is 450 g/mol. The summed E-state index contributed by atoms with van der Waals surface area (Å²) in [6, 6.07) is 10.7. The Bertz CT molecular complexity index is 1240. The Balaban J connectivity index is 1.81. The Morgan fingerprint density at radius 3 is 2.52 bits per heavy atom. The summed E-state index contributed by atoms with van der Waals surface area (Å²) in [5.41, 5.74) is 0.792. The minimum absolute atomic E-state index is 0.164. The molecule has 9 heteroatoms. The van der Waals surface area contributed by atoms with Crippen LogP contribution in [0.4, 0.5) is 5.69 Å². The highest BCUT2D eigenvalue weighted by Crippen LogP contribution is 2.22. The van der Waals surface area contributed by atoms with Crippen molar-refractivity contribution in [1.82, 2.24) is 14.5 Å². The van der Waals surface area contributed by atoms with Gasteiger partial charge in [-0.3, -0.25) is 24.4 Å². The molecule has 1 fully saturated rings. The fourth-order valence-electron chi connectivity index (χ4n) is 4.09. The number of hydrogen-bond acceptors (Lipinski definition) is 7. The fraction of sp³-hybridized carbons (Fsp3) is 0.375. The third-order valence-corrected chi connectivity index (χ3v) is 6.01. The number of non-ortho nitro benzene ring substituents is 1. The number of nitro benzene ring substituents is 1. The van der Waals surface area contributed by atoms with Crippen LogP contribution in [-0.2, 0) is 11.3 Å². The molecule has 0 amide bonds. The quantitative estimate of drug-likeness (QED) is 0.320. The lowest BCUT2D eigenvalue weighted by Crippen LogP contribution is -2.35. The molecule has 0 aliphatic carbocycles. The Labute approximate surface area is 190 Å². The number of nitrogens with zero attached hydrogens (tertiary/aromatic N) is 4. The van der Waals surface area contributed by atoms with Gasteiger partial charge < -0.3 is 4.74 Å². The first-order valence-corrected chi connectivity index (χ1v) is 11.1. The molecule has 0 unspecified atom stereocenters. The van der Waals surface area contributed by atoms with E-state index in [4.69, 9.17) is 9.72 Å². The zero-order valence-electron chi connectivity index (χ0n) is 18.7. The van der Waals surface area contributed by atoms with Gasteiger partial charge >= 0.3 is 5.97 Å². The maximum absolute atomic E-state index is 13.5. The molecule has 0 spiro atoms. The zero-order valence-corrected chi connectivity index (χ0v) is 18.7. The number of ether oxygens (including phenoxy) is 1. The van der Waals surface area contributed by atoms with Gasteiger partial charge in [-0.2, -0.15) is 0 Å². The number of carbonyl (C=O) groups is 1. The lowest BCUT2D eigenvalue weighted by molar-refractivity contribution is -0.384. The molecule has 1 saturated heterocycles. The lowest BCUT2D eigenvalue weighted by Gasteiger charge is -2.30. The highest BCUT2D eigenvalue weighted by atomic mass is 16.6. The Morgan fingerprint density at radius 2 is 1.88 bits per heavy atom. The van der Waals surface area contributed by atoms with Crippen molar-refractivity contribution >= 4 is 22.6 Å². The number of esters is 1. The van der Waals surface area contributed by atoms with Gasteiger partial charge in [-0.15, -0.1) is 0 Å². The van der Waals surface area contributed by atoms with Crippen molar-refractivity contribution in [2.45, 2.75) is 33.2 Å². The molecule has 33 heavy (non-hydrogen) atoms. The molecule has 0 bridgehead atoms. The zero-order chi connectivity index (χ0) is 23.5. The number of fused-ring (bicyclic) bond motifs is 1. The minimum Gasteiger partial charge on any atom is -0.462 e. The van der Waals surface area contributed by atoms with E-state index in [1.807, 2.05) is 0 Å². The molecule has 1 aromatic heterocycles. The van der Waals surface area contributed by atoms with Crippen LogP contribution in [0.5, 0.6) is 0 Å². The first-order chi connectivity index (χ1) is 15.9. The second kappa shape index (κ2) is 9.50. The Hall–Kier alpha value is -3.59. The van der Waals surface area contributed by atoms with Gasteiger partial charge in [-0.1, -0.05) is 6.92 Å². The van der Waals surface area contributed by atoms with Crippen molar-refractivity contribution in [1.29, 1.82) is 0 Å². The van der Waals surface area contributed by atoms with Gasteiger partial charge in [0.1, 0.15) is 5.82 Å². The molecule has 1 aliphatic heterocycles. The van der Waals surface area contributed by atoms with Crippen LogP contribution < -0.4 is 5.56 Å². The van der Waals surface area contributed by atoms with Gasteiger partial charge in [0.15, 0.2) is 0 Å². The summed E-state index contributed by atoms with van der Waals surface area (Å²) in [6.07, 6.45) is 2.16. The van der Waals surface area contributed by atoms with E-state index in [-0.39, 0.29) is 23.2 Å². The minimum atomic E-state index is -0.528. The summed E-state index contributed by atoms with van der Waals surface area (Å²) in [5.74, 6) is 0.787. The number of nitro groups is 1. The summed E-state index contributed by atoms with van der Waals surface area (Å²) in [5, 5.41) is 11.4. The maximum atomic E-state index is 13.5. The van der Waals surface area contributed by atoms with Crippen molar-refractivity contribution in [3.8, 4) is 5.69 Å². The topological polar surface area (TPSA) is 108 Å². The van der Waals surface area contributed by atoms with Crippen LogP contribution in [-0.4, -0.2) is 45.0 Å². The number of hydrogen-bond donors (Lipinski definition) is 0. The molecular formula is C24H26N4O5. The van der Waals surface area contributed by atoms with Crippen molar-refractivity contribution < 1.29 is 14.5 Å². The summed E-state index contributed by atoms with van der Waals surface area (Å²) < 4.78 is 6.52. The molecule has 0 N–H and O–H groups in total. The average Bonchev–Trinajstić information content (AvgIpc) is 2.81. The molecule has 172 valence electrons. The molecule has 2 aromatic carbocycles. The molecule has 0 saturated carbocycles. The fourth-order valence-corrected chi connectivity index (χ4v) is 4.09. The number of aromatic nitrogens is 2. The molecule has 0 radical (unpaired) electrons. The monoisotopic (exact) mass is 450 g/mol. The maximum Gasteiger partial charge on any atom is 0.338 e.